The first-order valence-electron chi connectivity index (χ1n) is 5.20. The minimum atomic E-state index is -4.57. The van der Waals surface area contributed by atoms with E-state index in [0.717, 1.165) is 12.1 Å². The summed E-state index contributed by atoms with van der Waals surface area (Å²) in [7, 11) is 0. The number of hydrogen-bond donors (Lipinski definition) is 1. The van der Waals surface area contributed by atoms with E-state index in [1.807, 2.05) is 6.07 Å². The Bertz CT molecular complexity index is 477. The number of hydrogen-bond acceptors (Lipinski definition) is 2. The van der Waals surface area contributed by atoms with Gasteiger partial charge in [0.05, 0.1) is 23.1 Å². The molecule has 3 nitrogen and oxygen atoms in total. The maximum absolute atomic E-state index is 12.6. The molecule has 0 saturated heterocycles. The third-order valence-electron chi connectivity index (χ3n) is 2.27. The second-order valence-electron chi connectivity index (χ2n) is 3.78. The zero-order chi connectivity index (χ0) is 13.8. The molecule has 0 fully saturated rings. The monoisotopic (exact) mass is 256 g/mol. The molecule has 1 aromatic rings. The molecule has 6 heteroatoms. The maximum Gasteiger partial charge on any atom is 0.417 e. The predicted molar refractivity (Wildman–Crippen MR) is 58.6 cm³/mol. The molecular weight excluding hydrogens is 245 g/mol. The van der Waals surface area contributed by atoms with Gasteiger partial charge in [0, 0.05) is 6.54 Å². The van der Waals surface area contributed by atoms with Gasteiger partial charge < -0.3 is 5.32 Å². The minimum absolute atomic E-state index is 0.0154. The maximum atomic E-state index is 12.6. The number of benzene rings is 1. The van der Waals surface area contributed by atoms with Crippen LogP contribution in [0.15, 0.2) is 24.3 Å². The van der Waals surface area contributed by atoms with Crippen molar-refractivity contribution < 1.29 is 18.0 Å². The van der Waals surface area contributed by atoms with Gasteiger partial charge in [0.1, 0.15) is 0 Å². The first-order valence-corrected chi connectivity index (χ1v) is 5.20. The highest BCUT2D eigenvalue weighted by Gasteiger charge is 2.34. The highest BCUT2D eigenvalue weighted by molar-refractivity contribution is 5.95. The summed E-state index contributed by atoms with van der Waals surface area (Å²) in [6.45, 7) is 1.58. The van der Waals surface area contributed by atoms with Gasteiger partial charge in [0.15, 0.2) is 0 Å². The van der Waals surface area contributed by atoms with Crippen molar-refractivity contribution in [2.45, 2.75) is 13.1 Å². The molecule has 18 heavy (non-hydrogen) atoms. The Hall–Kier alpha value is -2.03. The van der Waals surface area contributed by atoms with Crippen LogP contribution in [0.2, 0.25) is 0 Å². The van der Waals surface area contributed by atoms with Crippen molar-refractivity contribution in [3.63, 3.8) is 0 Å². The molecule has 1 amide bonds. The summed E-state index contributed by atoms with van der Waals surface area (Å²) in [4.78, 5) is 11.6. The molecule has 0 saturated carbocycles. The molecule has 0 spiro atoms. The fourth-order valence-corrected chi connectivity index (χ4v) is 1.31. The van der Waals surface area contributed by atoms with Gasteiger partial charge in [0.2, 0.25) is 0 Å². The van der Waals surface area contributed by atoms with Crippen molar-refractivity contribution in [3.05, 3.63) is 35.4 Å². The smallest absolute Gasteiger partial charge is 0.351 e. The van der Waals surface area contributed by atoms with Crippen molar-refractivity contribution in [1.29, 1.82) is 5.26 Å². The van der Waals surface area contributed by atoms with E-state index >= 15 is 0 Å². The zero-order valence-electron chi connectivity index (χ0n) is 9.58. The van der Waals surface area contributed by atoms with Crippen LogP contribution < -0.4 is 5.32 Å². The number of nitrogens with one attached hydrogen (secondary N) is 1. The summed E-state index contributed by atoms with van der Waals surface area (Å²) in [6, 6.07) is 6.41. The summed E-state index contributed by atoms with van der Waals surface area (Å²) < 4.78 is 37.9. The fourth-order valence-electron chi connectivity index (χ4n) is 1.31. The number of carbonyl (C=O) groups is 1. The molecule has 0 radical (unpaired) electrons. The van der Waals surface area contributed by atoms with Crippen LogP contribution in [0.5, 0.6) is 0 Å². The molecule has 96 valence electrons. The first-order chi connectivity index (χ1) is 8.36. The Labute approximate surface area is 102 Å². The second kappa shape index (κ2) is 5.54. The Balaban J connectivity index is 2.90. The topological polar surface area (TPSA) is 52.9 Å². The van der Waals surface area contributed by atoms with Crippen molar-refractivity contribution in [2.75, 3.05) is 6.54 Å². The van der Waals surface area contributed by atoms with Crippen LogP contribution in [-0.4, -0.2) is 12.5 Å². The lowest BCUT2D eigenvalue weighted by molar-refractivity contribution is -0.137. The van der Waals surface area contributed by atoms with E-state index in [-0.39, 0.29) is 6.54 Å². The van der Waals surface area contributed by atoms with Gasteiger partial charge in [0.25, 0.3) is 5.91 Å². The van der Waals surface area contributed by atoms with E-state index in [2.05, 4.69) is 5.32 Å². The molecule has 0 bridgehead atoms. The van der Waals surface area contributed by atoms with Gasteiger partial charge >= 0.3 is 6.18 Å². The molecule has 0 aliphatic carbocycles. The quantitative estimate of drug-likeness (QED) is 0.903. The Morgan fingerprint density at radius 1 is 1.44 bits per heavy atom. The Morgan fingerprint density at radius 3 is 2.61 bits per heavy atom. The number of rotatable bonds is 3. The number of carbonyl (C=O) groups excluding carboxylic acids is 1. The number of alkyl halides is 3. The minimum Gasteiger partial charge on any atom is -0.351 e. The zero-order valence-corrected chi connectivity index (χ0v) is 9.58. The second-order valence-corrected chi connectivity index (χ2v) is 3.78. The van der Waals surface area contributed by atoms with Crippen molar-refractivity contribution in [1.82, 2.24) is 5.32 Å². The standard InChI is InChI=1S/C12H11F3N2O/c1-8(6-16)7-17-11(18)9-4-2-3-5-10(9)12(13,14)15/h2-5,8H,7H2,1H3,(H,17,18). The van der Waals surface area contributed by atoms with Gasteiger partial charge in [-0.25, -0.2) is 0 Å². The molecule has 1 atom stereocenters. The highest BCUT2D eigenvalue weighted by atomic mass is 19.4. The van der Waals surface area contributed by atoms with E-state index < -0.39 is 29.1 Å². The van der Waals surface area contributed by atoms with Gasteiger partial charge in [-0.15, -0.1) is 0 Å². The first kappa shape index (κ1) is 14.0. The average molecular weight is 256 g/mol. The van der Waals surface area contributed by atoms with Crippen LogP contribution in [0.1, 0.15) is 22.8 Å². The van der Waals surface area contributed by atoms with Crippen molar-refractivity contribution in [3.8, 4) is 6.07 Å². The molecule has 1 unspecified atom stereocenters. The summed E-state index contributed by atoms with van der Waals surface area (Å²) in [5, 5.41) is 10.8. The summed E-state index contributed by atoms with van der Waals surface area (Å²) in [6.07, 6.45) is -4.57. The van der Waals surface area contributed by atoms with Gasteiger partial charge in [-0.3, -0.25) is 4.79 Å². The summed E-state index contributed by atoms with van der Waals surface area (Å²) in [5.41, 5.74) is -1.41. The van der Waals surface area contributed by atoms with E-state index in [1.54, 1.807) is 6.92 Å². The number of halogens is 3. The normalized spacial score (nSPS) is 12.6. The molecular formula is C12H11F3N2O. The molecule has 0 aromatic heterocycles. The lowest BCUT2D eigenvalue weighted by Crippen LogP contribution is -2.29. The molecule has 0 aliphatic rings. The molecule has 1 aromatic carbocycles. The SMILES string of the molecule is CC(C#N)CNC(=O)c1ccccc1C(F)(F)F. The Morgan fingerprint density at radius 2 is 2.06 bits per heavy atom. The molecule has 0 heterocycles. The molecule has 1 rings (SSSR count). The summed E-state index contributed by atoms with van der Waals surface area (Å²) >= 11 is 0. The number of nitriles is 1. The van der Waals surface area contributed by atoms with E-state index in [1.165, 1.54) is 12.1 Å². The van der Waals surface area contributed by atoms with E-state index in [4.69, 9.17) is 5.26 Å². The third-order valence-corrected chi connectivity index (χ3v) is 2.27. The lowest BCUT2D eigenvalue weighted by atomic mass is 10.1. The lowest BCUT2D eigenvalue weighted by Gasteiger charge is -2.12. The van der Waals surface area contributed by atoms with Crippen molar-refractivity contribution in [2.24, 2.45) is 5.92 Å². The Kier molecular flexibility index (Phi) is 4.32. The van der Waals surface area contributed by atoms with Crippen molar-refractivity contribution >= 4 is 5.91 Å². The van der Waals surface area contributed by atoms with Crippen LogP contribution >= 0.6 is 0 Å². The molecule has 1 N–H and O–H groups in total. The van der Waals surface area contributed by atoms with Crippen LogP contribution in [0, 0.1) is 17.2 Å². The number of amides is 1. The van der Waals surface area contributed by atoms with Gasteiger partial charge in [-0.1, -0.05) is 12.1 Å². The van der Waals surface area contributed by atoms with Gasteiger partial charge in [-0.2, -0.15) is 18.4 Å². The predicted octanol–water partition coefficient (Wildman–Crippen LogP) is 2.59. The third kappa shape index (κ3) is 3.48. The van der Waals surface area contributed by atoms with Crippen LogP contribution in [0.3, 0.4) is 0 Å². The fraction of sp³-hybridized carbons (Fsp3) is 0.333. The van der Waals surface area contributed by atoms with E-state index in [0.29, 0.717) is 0 Å². The van der Waals surface area contributed by atoms with E-state index in [9.17, 15) is 18.0 Å². The van der Waals surface area contributed by atoms with Crippen LogP contribution in [0.25, 0.3) is 0 Å². The average Bonchev–Trinajstić information content (AvgIpc) is 2.34. The van der Waals surface area contributed by atoms with Gasteiger partial charge in [-0.05, 0) is 19.1 Å². The molecule has 0 aliphatic heterocycles. The van der Waals surface area contributed by atoms with Crippen LogP contribution in [-0.2, 0) is 6.18 Å². The summed E-state index contributed by atoms with van der Waals surface area (Å²) in [5.74, 6) is -1.28. The van der Waals surface area contributed by atoms with Crippen LogP contribution in [0.4, 0.5) is 13.2 Å². The highest BCUT2D eigenvalue weighted by Crippen LogP contribution is 2.31. The number of nitrogens with zero attached hydrogens (tertiary/aromatic N) is 1. The largest absolute Gasteiger partial charge is 0.417 e.